The molecule has 0 unspecified atom stereocenters. The van der Waals surface area contributed by atoms with E-state index in [0.29, 0.717) is 0 Å². The first-order valence-corrected chi connectivity index (χ1v) is 6.35. The van der Waals surface area contributed by atoms with E-state index in [1.807, 2.05) is 0 Å². The van der Waals surface area contributed by atoms with Crippen molar-refractivity contribution in [2.24, 2.45) is 27.8 Å². The summed E-state index contributed by atoms with van der Waals surface area (Å²) in [7, 11) is 0. The molecule has 1 fully saturated rings. The van der Waals surface area contributed by atoms with Crippen LogP contribution in [0.15, 0.2) is 5.16 Å². The largest absolute Gasteiger partial charge is 0.411 e. The van der Waals surface area contributed by atoms with Crippen LogP contribution < -0.4 is 0 Å². The van der Waals surface area contributed by atoms with Crippen molar-refractivity contribution in [2.45, 2.75) is 41.5 Å². The summed E-state index contributed by atoms with van der Waals surface area (Å²) in [6, 6.07) is 0. The third-order valence-corrected chi connectivity index (χ3v) is 3.89. The summed E-state index contributed by atoms with van der Waals surface area (Å²) in [5.74, 6) is -2.73. The lowest BCUT2D eigenvalue weighted by atomic mass is 9.57. The molecule has 1 saturated carbocycles. The molecule has 0 aliphatic heterocycles. The standard InChI is InChI=1S/C14H21NO4/c1-7(2)9(15-19)8-10(16)13(3,4)12(18)14(5,6)11(8)17/h7-8,19H,1-6H3/b15-9+. The summed E-state index contributed by atoms with van der Waals surface area (Å²) < 4.78 is 0. The van der Waals surface area contributed by atoms with Gasteiger partial charge in [-0.3, -0.25) is 14.4 Å². The first-order chi connectivity index (χ1) is 8.49. The van der Waals surface area contributed by atoms with Crippen molar-refractivity contribution in [3.05, 3.63) is 0 Å². The van der Waals surface area contributed by atoms with Crippen LogP contribution in [0.1, 0.15) is 41.5 Å². The lowest BCUT2D eigenvalue weighted by Gasteiger charge is -2.41. The lowest BCUT2D eigenvalue weighted by molar-refractivity contribution is -0.157. The second-order valence-corrected chi connectivity index (χ2v) is 6.42. The van der Waals surface area contributed by atoms with Crippen LogP contribution in [0.25, 0.3) is 0 Å². The molecular weight excluding hydrogens is 246 g/mol. The van der Waals surface area contributed by atoms with Crippen LogP contribution in [0.3, 0.4) is 0 Å². The second-order valence-electron chi connectivity index (χ2n) is 6.42. The molecule has 0 aromatic rings. The Hall–Kier alpha value is -1.52. The van der Waals surface area contributed by atoms with E-state index >= 15 is 0 Å². The van der Waals surface area contributed by atoms with Crippen LogP contribution in [0.2, 0.25) is 0 Å². The van der Waals surface area contributed by atoms with Gasteiger partial charge in [-0.25, -0.2) is 0 Å². The van der Waals surface area contributed by atoms with Crippen LogP contribution in [0.5, 0.6) is 0 Å². The molecule has 0 spiro atoms. The Bertz CT molecular complexity index is 442. The van der Waals surface area contributed by atoms with E-state index in [9.17, 15) is 14.4 Å². The molecule has 106 valence electrons. The average Bonchev–Trinajstić information content (AvgIpc) is 2.31. The molecule has 1 rings (SSSR count). The molecule has 5 heteroatoms. The molecule has 0 aromatic carbocycles. The number of hydrogen-bond acceptors (Lipinski definition) is 5. The fraction of sp³-hybridized carbons (Fsp3) is 0.714. The summed E-state index contributed by atoms with van der Waals surface area (Å²) in [5, 5.41) is 12.2. The van der Waals surface area contributed by atoms with Gasteiger partial charge in [-0.1, -0.05) is 19.0 Å². The zero-order chi connectivity index (χ0) is 15.2. The van der Waals surface area contributed by atoms with Crippen LogP contribution in [0, 0.1) is 22.7 Å². The maximum Gasteiger partial charge on any atom is 0.162 e. The van der Waals surface area contributed by atoms with Crippen LogP contribution in [-0.4, -0.2) is 28.3 Å². The van der Waals surface area contributed by atoms with E-state index in [4.69, 9.17) is 5.21 Å². The SMILES string of the molecule is CC(C)/C(=N\O)C1C(=O)C(C)(C)C(=O)C(C)(C)C1=O. The van der Waals surface area contributed by atoms with Crippen molar-refractivity contribution in [1.29, 1.82) is 0 Å². The molecule has 0 bridgehead atoms. The topological polar surface area (TPSA) is 83.8 Å². The summed E-state index contributed by atoms with van der Waals surface area (Å²) in [6.45, 7) is 9.57. The van der Waals surface area contributed by atoms with Crippen molar-refractivity contribution in [3.8, 4) is 0 Å². The monoisotopic (exact) mass is 267 g/mol. The van der Waals surface area contributed by atoms with Crippen LogP contribution in [0.4, 0.5) is 0 Å². The Labute approximate surface area is 113 Å². The Morgan fingerprint density at radius 1 is 1.05 bits per heavy atom. The summed E-state index contributed by atoms with van der Waals surface area (Å²) >= 11 is 0. The van der Waals surface area contributed by atoms with E-state index in [1.165, 1.54) is 27.7 Å². The zero-order valence-corrected chi connectivity index (χ0v) is 12.3. The number of rotatable bonds is 2. The highest BCUT2D eigenvalue weighted by atomic mass is 16.4. The molecule has 0 amide bonds. The van der Waals surface area contributed by atoms with E-state index in [2.05, 4.69) is 5.16 Å². The number of hydrogen-bond donors (Lipinski definition) is 1. The fourth-order valence-electron chi connectivity index (χ4n) is 2.62. The minimum Gasteiger partial charge on any atom is -0.411 e. The number of nitrogens with zero attached hydrogens (tertiary/aromatic N) is 1. The Balaban J connectivity index is 3.45. The molecule has 0 heterocycles. The van der Waals surface area contributed by atoms with Gasteiger partial charge >= 0.3 is 0 Å². The minimum atomic E-state index is -1.24. The quantitative estimate of drug-likeness (QED) is 0.358. The lowest BCUT2D eigenvalue weighted by Crippen LogP contribution is -2.59. The Morgan fingerprint density at radius 3 is 1.68 bits per heavy atom. The third kappa shape index (κ3) is 2.11. The molecular formula is C14H21NO4. The molecule has 1 aliphatic rings. The number of carbonyl (C=O) groups is 3. The van der Waals surface area contributed by atoms with E-state index in [-0.39, 0.29) is 17.4 Å². The normalized spacial score (nSPS) is 24.2. The maximum absolute atomic E-state index is 12.4. The highest BCUT2D eigenvalue weighted by Crippen LogP contribution is 2.41. The summed E-state index contributed by atoms with van der Waals surface area (Å²) in [5.41, 5.74) is -2.36. The molecule has 0 atom stereocenters. The van der Waals surface area contributed by atoms with Gasteiger partial charge in [0.2, 0.25) is 0 Å². The maximum atomic E-state index is 12.4. The predicted octanol–water partition coefficient (Wildman–Crippen LogP) is 1.86. The van der Waals surface area contributed by atoms with Gasteiger partial charge in [-0.2, -0.15) is 0 Å². The first-order valence-electron chi connectivity index (χ1n) is 6.35. The third-order valence-electron chi connectivity index (χ3n) is 3.89. The average molecular weight is 267 g/mol. The number of ketones is 3. The number of oxime groups is 1. The van der Waals surface area contributed by atoms with Gasteiger partial charge in [-0.05, 0) is 33.6 Å². The smallest absolute Gasteiger partial charge is 0.162 e. The van der Waals surface area contributed by atoms with Gasteiger partial charge in [0.05, 0.1) is 16.5 Å². The number of carbonyl (C=O) groups excluding carboxylic acids is 3. The van der Waals surface area contributed by atoms with Crippen LogP contribution in [-0.2, 0) is 14.4 Å². The van der Waals surface area contributed by atoms with Gasteiger partial charge in [-0.15, -0.1) is 0 Å². The molecule has 0 radical (unpaired) electrons. The highest BCUT2D eigenvalue weighted by molar-refractivity contribution is 6.35. The fourth-order valence-corrected chi connectivity index (χ4v) is 2.62. The molecule has 1 aliphatic carbocycles. The van der Waals surface area contributed by atoms with Crippen molar-refractivity contribution in [3.63, 3.8) is 0 Å². The van der Waals surface area contributed by atoms with Gasteiger partial charge in [0.1, 0.15) is 5.92 Å². The predicted molar refractivity (Wildman–Crippen MR) is 70.1 cm³/mol. The van der Waals surface area contributed by atoms with E-state index in [1.54, 1.807) is 13.8 Å². The van der Waals surface area contributed by atoms with Crippen molar-refractivity contribution >= 4 is 23.1 Å². The van der Waals surface area contributed by atoms with Gasteiger partial charge in [0, 0.05) is 0 Å². The zero-order valence-electron chi connectivity index (χ0n) is 12.3. The second kappa shape index (κ2) is 4.54. The van der Waals surface area contributed by atoms with E-state index in [0.717, 1.165) is 0 Å². The Kier molecular flexibility index (Phi) is 3.72. The molecule has 0 saturated heterocycles. The molecule has 0 aromatic heterocycles. The Morgan fingerprint density at radius 2 is 1.42 bits per heavy atom. The van der Waals surface area contributed by atoms with Gasteiger partial charge < -0.3 is 5.21 Å². The molecule has 19 heavy (non-hydrogen) atoms. The van der Waals surface area contributed by atoms with Crippen molar-refractivity contribution in [1.82, 2.24) is 0 Å². The van der Waals surface area contributed by atoms with Gasteiger partial charge in [0.15, 0.2) is 17.3 Å². The van der Waals surface area contributed by atoms with Crippen molar-refractivity contribution in [2.75, 3.05) is 0 Å². The van der Waals surface area contributed by atoms with Gasteiger partial charge in [0.25, 0.3) is 0 Å². The van der Waals surface area contributed by atoms with Crippen molar-refractivity contribution < 1.29 is 19.6 Å². The summed E-state index contributed by atoms with van der Waals surface area (Å²) in [4.78, 5) is 37.1. The molecule has 5 nitrogen and oxygen atoms in total. The highest BCUT2D eigenvalue weighted by Gasteiger charge is 2.59. The first kappa shape index (κ1) is 15.5. The van der Waals surface area contributed by atoms with Crippen LogP contribution >= 0.6 is 0 Å². The molecule has 1 N–H and O–H groups in total. The number of Topliss-reactive ketones (excluding diaryl/α,β-unsaturated/α-hetero) is 3. The minimum absolute atomic E-state index is 0.128. The summed E-state index contributed by atoms with van der Waals surface area (Å²) in [6.07, 6.45) is 0. The van der Waals surface area contributed by atoms with E-state index < -0.39 is 28.3 Å².